The fraction of sp³-hybridized carbons (Fsp3) is 0.400. The number of pyridine rings is 1. The summed E-state index contributed by atoms with van der Waals surface area (Å²) in [7, 11) is 0. The molecule has 1 aromatic carbocycles. The van der Waals surface area contributed by atoms with Crippen LogP contribution in [0.4, 0.5) is 0 Å². The second-order valence-corrected chi connectivity index (χ2v) is 7.07. The number of ether oxygens (including phenoxy) is 1. The summed E-state index contributed by atoms with van der Waals surface area (Å²) in [4.78, 5) is 4.54. The number of aryl methyl sites for hydroxylation is 1. The van der Waals surface area contributed by atoms with Crippen molar-refractivity contribution in [3.8, 4) is 16.9 Å². The van der Waals surface area contributed by atoms with Gasteiger partial charge in [0.05, 0.1) is 12.3 Å². The molecule has 1 atom stereocenters. The molecule has 0 aliphatic carbocycles. The number of aromatic nitrogens is 3. The van der Waals surface area contributed by atoms with E-state index < -0.39 is 0 Å². The van der Waals surface area contributed by atoms with Gasteiger partial charge in [-0.3, -0.25) is 5.10 Å². The minimum atomic E-state index is 0.447. The first-order chi connectivity index (χ1) is 12.3. The molecule has 2 N–H and O–H groups in total. The SMILES string of the molecule is Cc1n[nH]c2ncc(-c3cc4c(c(C5CCCN5)c3)CCCO4)cc12. The first-order valence-electron chi connectivity index (χ1n) is 9.14. The lowest BCUT2D eigenvalue weighted by atomic mass is 9.90. The maximum atomic E-state index is 6.02. The maximum Gasteiger partial charge on any atom is 0.155 e. The molecule has 1 unspecified atom stereocenters. The largest absolute Gasteiger partial charge is 0.493 e. The minimum Gasteiger partial charge on any atom is -0.493 e. The van der Waals surface area contributed by atoms with E-state index in [2.05, 4.69) is 38.7 Å². The lowest BCUT2D eigenvalue weighted by Gasteiger charge is -2.24. The topological polar surface area (TPSA) is 62.8 Å². The van der Waals surface area contributed by atoms with E-state index in [9.17, 15) is 0 Å². The van der Waals surface area contributed by atoms with Crippen LogP contribution in [-0.4, -0.2) is 28.3 Å². The smallest absolute Gasteiger partial charge is 0.155 e. The van der Waals surface area contributed by atoms with Crippen LogP contribution in [0.2, 0.25) is 0 Å². The van der Waals surface area contributed by atoms with Gasteiger partial charge in [-0.1, -0.05) is 0 Å². The first kappa shape index (κ1) is 14.9. The Hall–Kier alpha value is -2.40. The van der Waals surface area contributed by atoms with Gasteiger partial charge in [-0.05, 0) is 74.0 Å². The third kappa shape index (κ3) is 2.50. The van der Waals surface area contributed by atoms with Gasteiger partial charge in [0.15, 0.2) is 5.65 Å². The molecule has 0 spiro atoms. The molecule has 2 aromatic heterocycles. The standard InChI is InChI=1S/C20H22N4O/c1-12-16-9-14(11-22-20(16)24-23-12)13-8-17(18-5-2-6-21-18)15-4-3-7-25-19(15)10-13/h8-11,18,21H,2-7H2,1H3,(H,22,23,24). The van der Waals surface area contributed by atoms with Crippen LogP contribution in [0.25, 0.3) is 22.2 Å². The van der Waals surface area contributed by atoms with Gasteiger partial charge in [-0.15, -0.1) is 0 Å². The monoisotopic (exact) mass is 334 g/mol. The van der Waals surface area contributed by atoms with Crippen molar-refractivity contribution in [2.45, 2.75) is 38.6 Å². The lowest BCUT2D eigenvalue weighted by molar-refractivity contribution is 0.287. The summed E-state index contributed by atoms with van der Waals surface area (Å²) in [6, 6.07) is 7.15. The number of aromatic amines is 1. The number of benzene rings is 1. The molecule has 1 saturated heterocycles. The average Bonchev–Trinajstić information content (AvgIpc) is 3.31. The van der Waals surface area contributed by atoms with Crippen molar-refractivity contribution in [2.24, 2.45) is 0 Å². The Balaban J connectivity index is 1.66. The molecule has 2 aliphatic rings. The van der Waals surface area contributed by atoms with Gasteiger partial charge in [0.2, 0.25) is 0 Å². The predicted molar refractivity (Wildman–Crippen MR) is 97.9 cm³/mol. The zero-order chi connectivity index (χ0) is 16.8. The molecule has 5 nitrogen and oxygen atoms in total. The highest BCUT2D eigenvalue weighted by Gasteiger charge is 2.24. The quantitative estimate of drug-likeness (QED) is 0.750. The Morgan fingerprint density at radius 2 is 2.12 bits per heavy atom. The van der Waals surface area contributed by atoms with Crippen molar-refractivity contribution in [3.63, 3.8) is 0 Å². The molecule has 0 radical (unpaired) electrons. The molecule has 0 saturated carbocycles. The van der Waals surface area contributed by atoms with Crippen LogP contribution in [0.15, 0.2) is 24.4 Å². The van der Waals surface area contributed by atoms with Crippen molar-refractivity contribution in [1.29, 1.82) is 0 Å². The van der Waals surface area contributed by atoms with E-state index in [-0.39, 0.29) is 0 Å². The fourth-order valence-corrected chi connectivity index (χ4v) is 4.11. The number of nitrogens with one attached hydrogen (secondary N) is 2. The highest BCUT2D eigenvalue weighted by molar-refractivity contribution is 5.83. The number of rotatable bonds is 2. The lowest BCUT2D eigenvalue weighted by Crippen LogP contribution is -2.18. The van der Waals surface area contributed by atoms with E-state index in [0.717, 1.165) is 54.0 Å². The summed E-state index contributed by atoms with van der Waals surface area (Å²) in [6.07, 6.45) is 6.59. The summed E-state index contributed by atoms with van der Waals surface area (Å²) >= 11 is 0. The third-order valence-corrected chi connectivity index (χ3v) is 5.45. The number of nitrogens with zero attached hydrogens (tertiary/aromatic N) is 2. The van der Waals surface area contributed by atoms with Crippen LogP contribution in [0.3, 0.4) is 0 Å². The Morgan fingerprint density at radius 1 is 1.16 bits per heavy atom. The zero-order valence-electron chi connectivity index (χ0n) is 14.4. The number of fused-ring (bicyclic) bond motifs is 2. The Kier molecular flexibility index (Phi) is 3.48. The first-order valence-corrected chi connectivity index (χ1v) is 9.14. The molecular formula is C20H22N4O. The van der Waals surface area contributed by atoms with Crippen molar-refractivity contribution in [1.82, 2.24) is 20.5 Å². The van der Waals surface area contributed by atoms with Crippen LogP contribution in [0.1, 0.15) is 42.1 Å². The molecule has 25 heavy (non-hydrogen) atoms. The summed E-state index contributed by atoms with van der Waals surface area (Å²) in [6.45, 7) is 3.92. The van der Waals surface area contributed by atoms with E-state index in [1.165, 1.54) is 29.5 Å². The van der Waals surface area contributed by atoms with Crippen LogP contribution in [0.5, 0.6) is 5.75 Å². The van der Waals surface area contributed by atoms with E-state index in [4.69, 9.17) is 4.74 Å². The Bertz CT molecular complexity index is 940. The molecule has 3 aromatic rings. The predicted octanol–water partition coefficient (Wildman–Crippen LogP) is 3.68. The van der Waals surface area contributed by atoms with Gasteiger partial charge in [0, 0.05) is 23.2 Å². The van der Waals surface area contributed by atoms with E-state index >= 15 is 0 Å². The van der Waals surface area contributed by atoms with E-state index in [1.54, 1.807) is 0 Å². The molecule has 0 amide bonds. The number of hydrogen-bond acceptors (Lipinski definition) is 4. The van der Waals surface area contributed by atoms with Gasteiger partial charge in [0.25, 0.3) is 0 Å². The van der Waals surface area contributed by atoms with Crippen LogP contribution >= 0.6 is 0 Å². The van der Waals surface area contributed by atoms with Crippen LogP contribution < -0.4 is 10.1 Å². The maximum absolute atomic E-state index is 6.02. The minimum absolute atomic E-state index is 0.447. The van der Waals surface area contributed by atoms with Gasteiger partial charge >= 0.3 is 0 Å². The van der Waals surface area contributed by atoms with Gasteiger partial charge < -0.3 is 10.1 Å². The summed E-state index contributed by atoms with van der Waals surface area (Å²) < 4.78 is 6.02. The Morgan fingerprint density at radius 3 is 3.00 bits per heavy atom. The number of hydrogen-bond donors (Lipinski definition) is 2. The van der Waals surface area contributed by atoms with E-state index in [1.807, 2.05) is 13.1 Å². The molecule has 0 bridgehead atoms. The molecule has 128 valence electrons. The van der Waals surface area contributed by atoms with Gasteiger partial charge in [-0.25, -0.2) is 4.98 Å². The molecule has 5 heteroatoms. The van der Waals surface area contributed by atoms with Crippen molar-refractivity contribution in [3.05, 3.63) is 41.2 Å². The van der Waals surface area contributed by atoms with Crippen molar-refractivity contribution < 1.29 is 4.74 Å². The fourth-order valence-electron chi connectivity index (χ4n) is 4.11. The normalized spacial score (nSPS) is 19.8. The number of H-pyrrole nitrogens is 1. The molecule has 4 heterocycles. The highest BCUT2D eigenvalue weighted by Crippen LogP contribution is 2.39. The zero-order valence-corrected chi connectivity index (χ0v) is 14.4. The summed E-state index contributed by atoms with van der Waals surface area (Å²) in [5, 5.41) is 12.0. The third-order valence-electron chi connectivity index (χ3n) is 5.45. The molecule has 1 fully saturated rings. The second-order valence-electron chi connectivity index (χ2n) is 7.07. The summed E-state index contributed by atoms with van der Waals surface area (Å²) in [5.41, 5.74) is 6.92. The molecular weight excluding hydrogens is 312 g/mol. The van der Waals surface area contributed by atoms with Gasteiger partial charge in [0.1, 0.15) is 5.75 Å². The van der Waals surface area contributed by atoms with Crippen molar-refractivity contribution >= 4 is 11.0 Å². The van der Waals surface area contributed by atoms with E-state index in [0.29, 0.717) is 6.04 Å². The Labute approximate surface area is 146 Å². The van der Waals surface area contributed by atoms with Crippen molar-refractivity contribution in [2.75, 3.05) is 13.2 Å². The van der Waals surface area contributed by atoms with Crippen LogP contribution in [0, 0.1) is 6.92 Å². The molecule has 2 aliphatic heterocycles. The highest BCUT2D eigenvalue weighted by atomic mass is 16.5. The summed E-state index contributed by atoms with van der Waals surface area (Å²) in [5.74, 6) is 1.05. The second kappa shape index (κ2) is 5.85. The van der Waals surface area contributed by atoms with Crippen LogP contribution in [-0.2, 0) is 6.42 Å². The molecule has 5 rings (SSSR count). The van der Waals surface area contributed by atoms with Gasteiger partial charge in [-0.2, -0.15) is 5.10 Å². The average molecular weight is 334 g/mol.